The first-order valence-corrected chi connectivity index (χ1v) is 11.3. The standard InChI is InChI=1S/C26H27FN4O3/c27-20-9-4-17(5-10-20)19-8-13-22(28)23(15-19)30-26(34)18-6-11-21(12-7-18)29-24(32)16-31-14-2-1-3-25(31)33/h4,6-9,11-13,15H,1-3,5,10,14,16,28H2,(H,29,32)(H,30,34). The third-order valence-corrected chi connectivity index (χ3v) is 5.96. The summed E-state index contributed by atoms with van der Waals surface area (Å²) < 4.78 is 13.3. The van der Waals surface area contributed by atoms with Crippen molar-refractivity contribution in [1.29, 1.82) is 0 Å². The van der Waals surface area contributed by atoms with Crippen molar-refractivity contribution >= 4 is 40.4 Å². The van der Waals surface area contributed by atoms with E-state index >= 15 is 0 Å². The van der Waals surface area contributed by atoms with Crippen molar-refractivity contribution in [2.75, 3.05) is 29.5 Å². The second kappa shape index (κ2) is 10.3. The van der Waals surface area contributed by atoms with Crippen molar-refractivity contribution < 1.29 is 18.8 Å². The molecule has 0 unspecified atom stereocenters. The predicted molar refractivity (Wildman–Crippen MR) is 131 cm³/mol. The van der Waals surface area contributed by atoms with Gasteiger partial charge in [0.05, 0.1) is 17.9 Å². The molecule has 0 radical (unpaired) electrons. The molecule has 0 spiro atoms. The Kier molecular flexibility index (Phi) is 7.06. The summed E-state index contributed by atoms with van der Waals surface area (Å²) in [4.78, 5) is 38.5. The molecule has 4 N–H and O–H groups in total. The van der Waals surface area contributed by atoms with Crippen LogP contribution in [0.5, 0.6) is 0 Å². The van der Waals surface area contributed by atoms with Crippen LogP contribution in [0.15, 0.2) is 60.4 Å². The van der Waals surface area contributed by atoms with Crippen LogP contribution in [-0.4, -0.2) is 35.7 Å². The predicted octanol–water partition coefficient (Wildman–Crippen LogP) is 4.50. The van der Waals surface area contributed by atoms with E-state index in [1.165, 1.54) is 6.08 Å². The smallest absolute Gasteiger partial charge is 0.255 e. The Labute approximate surface area is 197 Å². The van der Waals surface area contributed by atoms with Gasteiger partial charge in [-0.2, -0.15) is 0 Å². The summed E-state index contributed by atoms with van der Waals surface area (Å²) in [6, 6.07) is 11.8. The maximum absolute atomic E-state index is 13.3. The first-order valence-electron chi connectivity index (χ1n) is 11.3. The van der Waals surface area contributed by atoms with E-state index in [1.54, 1.807) is 47.4 Å². The summed E-state index contributed by atoms with van der Waals surface area (Å²) in [5, 5.41) is 5.58. The number of carbonyl (C=O) groups is 3. The number of nitrogens with two attached hydrogens (primary N) is 1. The fourth-order valence-corrected chi connectivity index (χ4v) is 4.02. The van der Waals surface area contributed by atoms with Gasteiger partial charge in [-0.3, -0.25) is 14.4 Å². The van der Waals surface area contributed by atoms with Gasteiger partial charge in [0, 0.05) is 30.6 Å². The number of allylic oxidation sites excluding steroid dienone is 4. The Hall–Kier alpha value is -3.94. The van der Waals surface area contributed by atoms with E-state index in [1.807, 2.05) is 6.07 Å². The van der Waals surface area contributed by atoms with Crippen molar-refractivity contribution in [2.45, 2.75) is 32.1 Å². The first kappa shape index (κ1) is 23.2. The average molecular weight is 463 g/mol. The van der Waals surface area contributed by atoms with Gasteiger partial charge in [0.25, 0.3) is 5.91 Å². The number of hydrogen-bond acceptors (Lipinski definition) is 4. The van der Waals surface area contributed by atoms with E-state index in [4.69, 9.17) is 5.73 Å². The normalized spacial score (nSPS) is 15.9. The van der Waals surface area contributed by atoms with Gasteiger partial charge in [-0.05, 0) is 72.9 Å². The van der Waals surface area contributed by atoms with Crippen molar-refractivity contribution in [3.63, 3.8) is 0 Å². The molecule has 1 aliphatic carbocycles. The maximum atomic E-state index is 13.3. The van der Waals surface area contributed by atoms with Crippen LogP contribution in [0.3, 0.4) is 0 Å². The molecule has 1 heterocycles. The number of anilines is 3. The molecule has 0 aromatic heterocycles. The lowest BCUT2D eigenvalue weighted by Crippen LogP contribution is -2.40. The summed E-state index contributed by atoms with van der Waals surface area (Å²) in [7, 11) is 0. The van der Waals surface area contributed by atoms with Crippen LogP contribution in [-0.2, 0) is 9.59 Å². The largest absolute Gasteiger partial charge is 0.397 e. The molecule has 1 aliphatic heterocycles. The van der Waals surface area contributed by atoms with Crippen LogP contribution >= 0.6 is 0 Å². The molecular weight excluding hydrogens is 435 g/mol. The quantitative estimate of drug-likeness (QED) is 0.550. The molecule has 2 aromatic carbocycles. The van der Waals surface area contributed by atoms with Gasteiger partial charge in [-0.25, -0.2) is 4.39 Å². The minimum absolute atomic E-state index is 0.000155. The van der Waals surface area contributed by atoms with Crippen molar-refractivity contribution in [3.8, 4) is 0 Å². The highest BCUT2D eigenvalue weighted by Crippen LogP contribution is 2.31. The fraction of sp³-hybridized carbons (Fsp3) is 0.269. The third-order valence-electron chi connectivity index (χ3n) is 5.96. The average Bonchev–Trinajstić information content (AvgIpc) is 2.83. The summed E-state index contributed by atoms with van der Waals surface area (Å²) in [5.74, 6) is -0.763. The number of halogens is 1. The number of likely N-dealkylation sites (tertiary alicyclic amines) is 1. The van der Waals surface area contributed by atoms with Crippen LogP contribution in [0.4, 0.5) is 21.5 Å². The van der Waals surface area contributed by atoms with Gasteiger partial charge in [0.1, 0.15) is 5.83 Å². The monoisotopic (exact) mass is 462 g/mol. The first-order chi connectivity index (χ1) is 16.4. The van der Waals surface area contributed by atoms with Gasteiger partial charge in [-0.15, -0.1) is 0 Å². The Morgan fingerprint density at radius 3 is 2.47 bits per heavy atom. The van der Waals surface area contributed by atoms with Gasteiger partial charge in [0.15, 0.2) is 0 Å². The molecule has 0 atom stereocenters. The van der Waals surface area contributed by atoms with E-state index in [-0.39, 0.29) is 30.1 Å². The zero-order valence-corrected chi connectivity index (χ0v) is 18.8. The van der Waals surface area contributed by atoms with E-state index < -0.39 is 0 Å². The number of carbonyl (C=O) groups excluding carboxylic acids is 3. The van der Waals surface area contributed by atoms with E-state index in [0.29, 0.717) is 48.4 Å². The number of nitrogen functional groups attached to an aromatic ring is 1. The number of nitrogens with one attached hydrogen (secondary N) is 2. The molecule has 34 heavy (non-hydrogen) atoms. The molecule has 1 fully saturated rings. The minimum Gasteiger partial charge on any atom is -0.397 e. The van der Waals surface area contributed by atoms with Crippen LogP contribution in [0.25, 0.3) is 5.57 Å². The lowest BCUT2D eigenvalue weighted by atomic mass is 9.96. The number of piperidine rings is 1. The molecule has 2 aliphatic rings. The second-order valence-electron chi connectivity index (χ2n) is 8.46. The Morgan fingerprint density at radius 2 is 1.76 bits per heavy atom. The highest BCUT2D eigenvalue weighted by Gasteiger charge is 2.20. The number of nitrogens with zero attached hydrogens (tertiary/aromatic N) is 1. The van der Waals surface area contributed by atoms with Gasteiger partial charge >= 0.3 is 0 Å². The molecule has 176 valence electrons. The highest BCUT2D eigenvalue weighted by atomic mass is 19.1. The second-order valence-corrected chi connectivity index (χ2v) is 8.46. The van der Waals surface area contributed by atoms with Crippen LogP contribution < -0.4 is 16.4 Å². The fourth-order valence-electron chi connectivity index (χ4n) is 4.02. The molecule has 4 rings (SSSR count). The maximum Gasteiger partial charge on any atom is 0.255 e. The van der Waals surface area contributed by atoms with E-state index in [0.717, 1.165) is 24.0 Å². The summed E-state index contributed by atoms with van der Waals surface area (Å²) >= 11 is 0. The summed E-state index contributed by atoms with van der Waals surface area (Å²) in [6.45, 7) is 0.621. The van der Waals surface area contributed by atoms with Crippen LogP contribution in [0.1, 0.15) is 48.0 Å². The minimum atomic E-state index is -0.343. The highest BCUT2D eigenvalue weighted by molar-refractivity contribution is 6.06. The molecule has 8 heteroatoms. The van der Waals surface area contributed by atoms with Crippen LogP contribution in [0.2, 0.25) is 0 Å². The number of hydrogen-bond donors (Lipinski definition) is 3. The number of rotatable bonds is 6. The number of benzene rings is 2. The van der Waals surface area contributed by atoms with Crippen molar-refractivity contribution in [1.82, 2.24) is 4.90 Å². The molecular formula is C26H27FN4O3. The lowest BCUT2D eigenvalue weighted by molar-refractivity contribution is -0.136. The Bertz CT molecular complexity index is 1170. The Balaban J connectivity index is 1.38. The molecule has 3 amide bonds. The molecule has 7 nitrogen and oxygen atoms in total. The van der Waals surface area contributed by atoms with Crippen molar-refractivity contribution in [2.24, 2.45) is 0 Å². The van der Waals surface area contributed by atoms with Crippen LogP contribution in [0, 0.1) is 0 Å². The summed E-state index contributed by atoms with van der Waals surface area (Å²) in [5.41, 5.74) is 9.73. The lowest BCUT2D eigenvalue weighted by Gasteiger charge is -2.25. The van der Waals surface area contributed by atoms with Gasteiger partial charge in [-0.1, -0.05) is 12.1 Å². The topological polar surface area (TPSA) is 105 Å². The summed E-state index contributed by atoms with van der Waals surface area (Å²) in [6.07, 6.45) is 6.39. The molecule has 0 bridgehead atoms. The number of amides is 3. The van der Waals surface area contributed by atoms with E-state index in [9.17, 15) is 18.8 Å². The molecule has 0 saturated carbocycles. The van der Waals surface area contributed by atoms with Gasteiger partial charge < -0.3 is 21.3 Å². The third kappa shape index (κ3) is 5.70. The molecule has 1 saturated heterocycles. The SMILES string of the molecule is Nc1ccc(C2=CC=C(F)CC2)cc1NC(=O)c1ccc(NC(=O)CN2CCCCC2=O)cc1. The zero-order valence-electron chi connectivity index (χ0n) is 18.8. The Morgan fingerprint density at radius 1 is 0.971 bits per heavy atom. The van der Waals surface area contributed by atoms with Gasteiger partial charge in [0.2, 0.25) is 11.8 Å². The van der Waals surface area contributed by atoms with E-state index in [2.05, 4.69) is 10.6 Å². The molecule has 2 aromatic rings. The van der Waals surface area contributed by atoms with Crippen molar-refractivity contribution in [3.05, 3.63) is 71.6 Å². The zero-order chi connectivity index (χ0) is 24.1.